The number of hydrogen-bond acceptors (Lipinski definition) is 2. The lowest BCUT2D eigenvalue weighted by atomic mass is 9.87. The molecular formula is C26H24FN3O. The van der Waals surface area contributed by atoms with Gasteiger partial charge in [-0.05, 0) is 73.2 Å². The molecule has 4 aromatic rings. The average molecular weight is 413 g/mol. The van der Waals surface area contributed by atoms with E-state index in [-0.39, 0.29) is 17.8 Å². The lowest BCUT2D eigenvalue weighted by Gasteiger charge is -2.26. The number of benzene rings is 2. The minimum absolute atomic E-state index is 0.0395. The second kappa shape index (κ2) is 8.34. The molecule has 0 saturated carbocycles. The zero-order valence-corrected chi connectivity index (χ0v) is 17.2. The summed E-state index contributed by atoms with van der Waals surface area (Å²) >= 11 is 0. The van der Waals surface area contributed by atoms with E-state index in [2.05, 4.69) is 23.5 Å². The third-order valence-electron chi connectivity index (χ3n) is 6.04. The van der Waals surface area contributed by atoms with Crippen molar-refractivity contribution in [3.8, 4) is 11.3 Å². The quantitative estimate of drug-likeness (QED) is 0.485. The molecule has 0 bridgehead atoms. The van der Waals surface area contributed by atoms with Crippen LogP contribution in [0.3, 0.4) is 0 Å². The summed E-state index contributed by atoms with van der Waals surface area (Å²) in [4.78, 5) is 17.6. The molecule has 0 spiro atoms. The molecule has 1 aliphatic rings. The average Bonchev–Trinajstić information content (AvgIpc) is 3.17. The molecule has 2 aromatic heterocycles. The number of rotatable bonds is 5. The number of imidazole rings is 1. The van der Waals surface area contributed by atoms with Crippen molar-refractivity contribution in [3.05, 3.63) is 95.6 Å². The number of carbonyl (C=O) groups is 1. The van der Waals surface area contributed by atoms with Crippen LogP contribution < -0.4 is 5.32 Å². The van der Waals surface area contributed by atoms with E-state index in [9.17, 15) is 9.18 Å². The number of pyridine rings is 1. The van der Waals surface area contributed by atoms with E-state index < -0.39 is 0 Å². The number of nitrogens with one attached hydrogen (secondary N) is 1. The number of halogens is 1. The summed E-state index contributed by atoms with van der Waals surface area (Å²) in [6.07, 6.45) is 6.02. The first-order valence-electron chi connectivity index (χ1n) is 10.8. The molecule has 156 valence electrons. The van der Waals surface area contributed by atoms with Gasteiger partial charge in [-0.25, -0.2) is 9.37 Å². The maximum Gasteiger partial charge on any atom is 0.220 e. The lowest BCUT2D eigenvalue weighted by Crippen LogP contribution is -2.31. The van der Waals surface area contributed by atoms with Crippen LogP contribution in [0.5, 0.6) is 0 Å². The van der Waals surface area contributed by atoms with Crippen LogP contribution in [0.4, 0.5) is 4.39 Å². The summed E-state index contributed by atoms with van der Waals surface area (Å²) < 4.78 is 15.4. The van der Waals surface area contributed by atoms with Gasteiger partial charge in [0.15, 0.2) is 0 Å². The predicted molar refractivity (Wildman–Crippen MR) is 119 cm³/mol. The van der Waals surface area contributed by atoms with E-state index in [0.29, 0.717) is 12.8 Å². The van der Waals surface area contributed by atoms with E-state index in [1.807, 2.05) is 34.9 Å². The third-order valence-corrected chi connectivity index (χ3v) is 6.04. The highest BCUT2D eigenvalue weighted by Crippen LogP contribution is 2.30. The van der Waals surface area contributed by atoms with Gasteiger partial charge in [0.1, 0.15) is 11.5 Å². The number of fused-ring (bicyclic) bond motifs is 2. The number of hydrogen-bond donors (Lipinski definition) is 1. The summed E-state index contributed by atoms with van der Waals surface area (Å²) in [6.45, 7) is 0. The molecule has 4 nitrogen and oxygen atoms in total. The van der Waals surface area contributed by atoms with Crippen LogP contribution in [-0.4, -0.2) is 15.3 Å². The number of carbonyl (C=O) groups excluding carboxylic acids is 1. The Kier molecular flexibility index (Phi) is 5.24. The molecule has 0 fully saturated rings. The lowest BCUT2D eigenvalue weighted by molar-refractivity contribution is -0.121. The molecule has 0 aliphatic heterocycles. The van der Waals surface area contributed by atoms with Crippen LogP contribution >= 0.6 is 0 Å². The Balaban J connectivity index is 1.37. The minimum Gasteiger partial charge on any atom is -0.349 e. The van der Waals surface area contributed by atoms with Gasteiger partial charge in [-0.2, -0.15) is 0 Å². The third kappa shape index (κ3) is 3.96. The van der Waals surface area contributed by atoms with Crippen LogP contribution in [0.2, 0.25) is 0 Å². The van der Waals surface area contributed by atoms with Crippen molar-refractivity contribution in [2.24, 2.45) is 0 Å². The smallest absolute Gasteiger partial charge is 0.220 e. The van der Waals surface area contributed by atoms with Crippen LogP contribution in [0.1, 0.15) is 42.1 Å². The van der Waals surface area contributed by atoms with Crippen LogP contribution in [0.25, 0.3) is 16.9 Å². The first kappa shape index (κ1) is 19.5. The molecule has 5 heteroatoms. The van der Waals surface area contributed by atoms with Crippen molar-refractivity contribution in [1.29, 1.82) is 0 Å². The molecule has 1 N–H and O–H groups in total. The van der Waals surface area contributed by atoms with Crippen LogP contribution in [-0.2, 0) is 17.6 Å². The van der Waals surface area contributed by atoms with Crippen molar-refractivity contribution >= 4 is 11.6 Å². The molecule has 5 rings (SSSR count). The highest BCUT2D eigenvalue weighted by molar-refractivity contribution is 5.77. The zero-order chi connectivity index (χ0) is 21.2. The molecule has 0 radical (unpaired) electrons. The number of aryl methyl sites for hydroxylation is 2. The fraction of sp³-hybridized carbons (Fsp3) is 0.231. The normalized spacial score (nSPS) is 15.6. The van der Waals surface area contributed by atoms with Crippen molar-refractivity contribution in [2.75, 3.05) is 0 Å². The Hall–Kier alpha value is -3.47. The molecule has 0 saturated heterocycles. The van der Waals surface area contributed by atoms with Gasteiger partial charge in [-0.15, -0.1) is 0 Å². The van der Waals surface area contributed by atoms with Gasteiger partial charge in [0.2, 0.25) is 5.91 Å². The van der Waals surface area contributed by atoms with Crippen molar-refractivity contribution in [1.82, 2.24) is 14.7 Å². The number of aromatic nitrogens is 2. The van der Waals surface area contributed by atoms with Gasteiger partial charge in [0.25, 0.3) is 0 Å². The molecular weight excluding hydrogens is 389 g/mol. The van der Waals surface area contributed by atoms with Crippen molar-refractivity contribution < 1.29 is 9.18 Å². The van der Waals surface area contributed by atoms with Crippen LogP contribution in [0, 0.1) is 5.82 Å². The first-order chi connectivity index (χ1) is 15.2. The Morgan fingerprint density at radius 1 is 1.06 bits per heavy atom. The van der Waals surface area contributed by atoms with Gasteiger partial charge in [-0.1, -0.05) is 30.3 Å². The molecule has 1 unspecified atom stereocenters. The molecule has 2 heterocycles. The van der Waals surface area contributed by atoms with Crippen molar-refractivity contribution in [2.45, 2.75) is 38.1 Å². The predicted octanol–water partition coefficient (Wildman–Crippen LogP) is 5.27. The highest BCUT2D eigenvalue weighted by atomic mass is 19.1. The standard InChI is InChI=1S/C26H24FN3O/c27-20-13-11-19(12-14-20)26-23(30-17-4-3-10-24(30)29-26)15-16-25(31)28-22-9-5-7-18-6-1-2-8-21(18)22/h1-4,6,8,10-14,17,22H,5,7,9,15-16H2,(H,28,31). The largest absolute Gasteiger partial charge is 0.349 e. The van der Waals surface area contributed by atoms with Gasteiger partial charge >= 0.3 is 0 Å². The molecule has 1 aliphatic carbocycles. The fourth-order valence-electron chi connectivity index (χ4n) is 4.53. The van der Waals surface area contributed by atoms with E-state index >= 15 is 0 Å². The Morgan fingerprint density at radius 3 is 2.74 bits per heavy atom. The van der Waals surface area contributed by atoms with E-state index in [0.717, 1.165) is 41.9 Å². The summed E-state index contributed by atoms with van der Waals surface area (Å²) in [5, 5.41) is 3.23. The summed E-state index contributed by atoms with van der Waals surface area (Å²) in [5.74, 6) is -0.237. The van der Waals surface area contributed by atoms with E-state index in [4.69, 9.17) is 4.98 Å². The molecule has 1 atom stereocenters. The van der Waals surface area contributed by atoms with Gasteiger partial charge in [0.05, 0.1) is 17.4 Å². The second-order valence-corrected chi connectivity index (χ2v) is 8.05. The van der Waals surface area contributed by atoms with Crippen molar-refractivity contribution in [3.63, 3.8) is 0 Å². The minimum atomic E-state index is -0.277. The monoisotopic (exact) mass is 413 g/mol. The zero-order valence-electron chi connectivity index (χ0n) is 17.2. The fourth-order valence-corrected chi connectivity index (χ4v) is 4.53. The first-order valence-corrected chi connectivity index (χ1v) is 10.8. The Bertz CT molecular complexity index is 1230. The second-order valence-electron chi connectivity index (χ2n) is 8.05. The molecule has 1 amide bonds. The van der Waals surface area contributed by atoms with E-state index in [1.54, 1.807) is 12.1 Å². The summed E-state index contributed by atoms with van der Waals surface area (Å²) in [6, 6.07) is 20.6. The highest BCUT2D eigenvalue weighted by Gasteiger charge is 2.22. The maximum absolute atomic E-state index is 13.4. The Labute approximate surface area is 180 Å². The summed E-state index contributed by atoms with van der Waals surface area (Å²) in [7, 11) is 0. The number of amides is 1. The van der Waals surface area contributed by atoms with E-state index in [1.165, 1.54) is 23.3 Å². The summed E-state index contributed by atoms with van der Waals surface area (Å²) in [5.41, 5.74) is 5.99. The maximum atomic E-state index is 13.4. The van der Waals surface area contributed by atoms with Gasteiger partial charge < -0.3 is 9.72 Å². The SMILES string of the molecule is O=C(CCc1c(-c2ccc(F)cc2)nc2ccccn12)NC1CCCc2ccccc21. The van der Waals surface area contributed by atoms with Crippen LogP contribution in [0.15, 0.2) is 72.9 Å². The topological polar surface area (TPSA) is 46.4 Å². The van der Waals surface area contributed by atoms with Gasteiger partial charge in [0, 0.05) is 18.2 Å². The number of nitrogens with zero attached hydrogens (tertiary/aromatic N) is 2. The molecule has 31 heavy (non-hydrogen) atoms. The molecule has 2 aromatic carbocycles. The van der Waals surface area contributed by atoms with Gasteiger partial charge in [-0.3, -0.25) is 4.79 Å². The Morgan fingerprint density at radius 2 is 1.87 bits per heavy atom.